The third-order valence-corrected chi connectivity index (χ3v) is 5.39. The molecule has 2 rings (SSSR count). The van der Waals surface area contributed by atoms with Crippen molar-refractivity contribution < 1.29 is 18.0 Å². The standard InChI is InChI=1S/C17H26N4O4S/c1-14(22)21-12-10-20(11-13-21)9-7-17(23)19-8-6-15-2-4-16(5-3-15)26(18,24)25/h2-5H,6-13H2,1H3,(H,19,23)(H2,18,24,25). The Hall–Kier alpha value is -1.97. The fraction of sp³-hybridized carbons (Fsp3) is 0.529. The first-order valence-corrected chi connectivity index (χ1v) is 10.2. The SMILES string of the molecule is CC(=O)N1CCN(CCC(=O)NCCc2ccc(S(N)(=O)=O)cc2)CC1. The zero-order chi connectivity index (χ0) is 19.2. The number of rotatable bonds is 7. The van der Waals surface area contributed by atoms with E-state index < -0.39 is 10.0 Å². The van der Waals surface area contributed by atoms with Crippen LogP contribution in [0.15, 0.2) is 29.2 Å². The number of benzene rings is 1. The number of piperazine rings is 1. The lowest BCUT2D eigenvalue weighted by molar-refractivity contribution is -0.131. The third-order valence-electron chi connectivity index (χ3n) is 4.46. The van der Waals surface area contributed by atoms with Crippen LogP contribution >= 0.6 is 0 Å². The number of hydrogen-bond donors (Lipinski definition) is 2. The maximum atomic E-state index is 11.9. The van der Waals surface area contributed by atoms with E-state index in [-0.39, 0.29) is 16.7 Å². The van der Waals surface area contributed by atoms with Gasteiger partial charge in [-0.3, -0.25) is 14.5 Å². The molecule has 1 aliphatic rings. The number of primary sulfonamides is 1. The van der Waals surface area contributed by atoms with Crippen molar-refractivity contribution >= 4 is 21.8 Å². The number of carbonyl (C=O) groups is 2. The molecule has 144 valence electrons. The minimum Gasteiger partial charge on any atom is -0.356 e. The van der Waals surface area contributed by atoms with Crippen LogP contribution < -0.4 is 10.5 Å². The van der Waals surface area contributed by atoms with Crippen LogP contribution in [0.4, 0.5) is 0 Å². The first-order chi connectivity index (χ1) is 12.3. The summed E-state index contributed by atoms with van der Waals surface area (Å²) in [6, 6.07) is 6.32. The zero-order valence-corrected chi connectivity index (χ0v) is 15.8. The summed E-state index contributed by atoms with van der Waals surface area (Å²) in [5, 5.41) is 7.93. The van der Waals surface area contributed by atoms with Crippen LogP contribution in [0.1, 0.15) is 18.9 Å². The van der Waals surface area contributed by atoms with Gasteiger partial charge in [0.25, 0.3) is 0 Å². The van der Waals surface area contributed by atoms with Crippen LogP contribution in [0, 0.1) is 0 Å². The normalized spacial score (nSPS) is 15.7. The van der Waals surface area contributed by atoms with Gasteiger partial charge in [-0.1, -0.05) is 12.1 Å². The fourth-order valence-electron chi connectivity index (χ4n) is 2.83. The van der Waals surface area contributed by atoms with Crippen molar-refractivity contribution in [1.29, 1.82) is 0 Å². The lowest BCUT2D eigenvalue weighted by atomic mass is 10.1. The highest BCUT2D eigenvalue weighted by Crippen LogP contribution is 2.09. The Morgan fingerprint density at radius 3 is 2.27 bits per heavy atom. The van der Waals surface area contributed by atoms with Gasteiger partial charge in [0.05, 0.1) is 4.90 Å². The van der Waals surface area contributed by atoms with Gasteiger partial charge in [0.15, 0.2) is 0 Å². The van der Waals surface area contributed by atoms with E-state index in [0.717, 1.165) is 18.7 Å². The van der Waals surface area contributed by atoms with Gasteiger partial charge in [-0.25, -0.2) is 13.6 Å². The predicted octanol–water partition coefficient (Wildman–Crippen LogP) is -0.453. The molecule has 8 nitrogen and oxygen atoms in total. The van der Waals surface area contributed by atoms with E-state index in [1.807, 2.05) is 4.90 Å². The van der Waals surface area contributed by atoms with Crippen molar-refractivity contribution in [2.45, 2.75) is 24.7 Å². The van der Waals surface area contributed by atoms with Crippen molar-refractivity contribution in [3.05, 3.63) is 29.8 Å². The van der Waals surface area contributed by atoms with Crippen LogP contribution in [-0.4, -0.2) is 69.3 Å². The summed E-state index contributed by atoms with van der Waals surface area (Å²) in [6.45, 7) is 5.77. The smallest absolute Gasteiger partial charge is 0.238 e. The maximum absolute atomic E-state index is 11.9. The van der Waals surface area contributed by atoms with Crippen molar-refractivity contribution in [3.63, 3.8) is 0 Å². The number of hydrogen-bond acceptors (Lipinski definition) is 5. The highest BCUT2D eigenvalue weighted by Gasteiger charge is 2.18. The van der Waals surface area contributed by atoms with E-state index in [4.69, 9.17) is 5.14 Å². The maximum Gasteiger partial charge on any atom is 0.238 e. The van der Waals surface area contributed by atoms with Crippen molar-refractivity contribution in [3.8, 4) is 0 Å². The molecule has 9 heteroatoms. The lowest BCUT2D eigenvalue weighted by Gasteiger charge is -2.34. The molecule has 0 aliphatic carbocycles. The van der Waals surface area contributed by atoms with Crippen molar-refractivity contribution in [2.24, 2.45) is 5.14 Å². The topological polar surface area (TPSA) is 113 Å². The van der Waals surface area contributed by atoms with Crippen molar-refractivity contribution in [1.82, 2.24) is 15.1 Å². The Balaban J connectivity index is 1.64. The number of nitrogens with two attached hydrogens (primary N) is 1. The molecular formula is C17H26N4O4S. The van der Waals surface area contributed by atoms with Gasteiger partial charge >= 0.3 is 0 Å². The van der Waals surface area contributed by atoms with Gasteiger partial charge in [-0.2, -0.15) is 0 Å². The molecular weight excluding hydrogens is 356 g/mol. The van der Waals surface area contributed by atoms with E-state index >= 15 is 0 Å². The van der Waals surface area contributed by atoms with E-state index in [9.17, 15) is 18.0 Å². The van der Waals surface area contributed by atoms with Crippen LogP contribution in [0.3, 0.4) is 0 Å². The highest BCUT2D eigenvalue weighted by molar-refractivity contribution is 7.89. The Bertz CT molecular complexity index is 726. The monoisotopic (exact) mass is 382 g/mol. The second-order valence-electron chi connectivity index (χ2n) is 6.39. The van der Waals surface area contributed by atoms with Crippen LogP contribution in [0.2, 0.25) is 0 Å². The molecule has 0 aromatic heterocycles. The summed E-state index contributed by atoms with van der Waals surface area (Å²) in [6.07, 6.45) is 1.04. The molecule has 0 spiro atoms. The van der Waals surface area contributed by atoms with E-state index in [1.54, 1.807) is 19.1 Å². The molecule has 1 aliphatic heterocycles. The molecule has 0 unspecified atom stereocenters. The summed E-state index contributed by atoms with van der Waals surface area (Å²) < 4.78 is 22.4. The lowest BCUT2D eigenvalue weighted by Crippen LogP contribution is -2.48. The van der Waals surface area contributed by atoms with Crippen LogP contribution in [0.5, 0.6) is 0 Å². The summed E-state index contributed by atoms with van der Waals surface area (Å²) in [4.78, 5) is 27.3. The minimum atomic E-state index is -3.68. The largest absolute Gasteiger partial charge is 0.356 e. The number of nitrogens with zero attached hydrogens (tertiary/aromatic N) is 2. The number of carbonyl (C=O) groups excluding carboxylic acids is 2. The van der Waals surface area contributed by atoms with Gasteiger partial charge in [-0.15, -0.1) is 0 Å². The Kier molecular flexibility index (Phi) is 7.13. The predicted molar refractivity (Wildman–Crippen MR) is 97.8 cm³/mol. The molecule has 3 N–H and O–H groups in total. The van der Waals surface area contributed by atoms with Crippen LogP contribution in [0.25, 0.3) is 0 Å². The summed E-state index contributed by atoms with van der Waals surface area (Å²) >= 11 is 0. The molecule has 0 bridgehead atoms. The fourth-order valence-corrected chi connectivity index (χ4v) is 3.34. The van der Waals surface area contributed by atoms with E-state index in [1.165, 1.54) is 12.1 Å². The molecule has 26 heavy (non-hydrogen) atoms. The van der Waals surface area contributed by atoms with Gasteiger partial charge in [0.1, 0.15) is 0 Å². The molecule has 1 fully saturated rings. The second-order valence-corrected chi connectivity index (χ2v) is 7.95. The molecule has 0 radical (unpaired) electrons. The highest BCUT2D eigenvalue weighted by atomic mass is 32.2. The van der Waals surface area contributed by atoms with Gasteiger partial charge < -0.3 is 10.2 Å². The average Bonchev–Trinajstić information content (AvgIpc) is 2.60. The van der Waals surface area contributed by atoms with Crippen molar-refractivity contribution in [2.75, 3.05) is 39.3 Å². The quantitative estimate of drug-likeness (QED) is 0.663. The Labute approximate surface area is 154 Å². The van der Waals surface area contributed by atoms with Gasteiger partial charge in [0, 0.05) is 52.6 Å². The average molecular weight is 382 g/mol. The van der Waals surface area contributed by atoms with E-state index in [0.29, 0.717) is 39.0 Å². The van der Waals surface area contributed by atoms with Gasteiger partial charge in [-0.05, 0) is 24.1 Å². The van der Waals surface area contributed by atoms with E-state index in [2.05, 4.69) is 10.2 Å². The summed E-state index contributed by atoms with van der Waals surface area (Å²) in [5.41, 5.74) is 0.929. The number of sulfonamides is 1. The van der Waals surface area contributed by atoms with Gasteiger partial charge in [0.2, 0.25) is 21.8 Å². The number of nitrogens with one attached hydrogen (secondary N) is 1. The Morgan fingerprint density at radius 2 is 1.73 bits per heavy atom. The first-order valence-electron chi connectivity index (χ1n) is 8.62. The molecule has 2 amide bonds. The Morgan fingerprint density at radius 1 is 1.12 bits per heavy atom. The zero-order valence-electron chi connectivity index (χ0n) is 15.0. The summed E-state index contributed by atoms with van der Waals surface area (Å²) in [7, 11) is -3.68. The second kappa shape index (κ2) is 9.11. The summed E-state index contributed by atoms with van der Waals surface area (Å²) in [5.74, 6) is 0.0830. The molecule has 1 heterocycles. The molecule has 0 atom stereocenters. The molecule has 1 saturated heterocycles. The third kappa shape index (κ3) is 6.40. The minimum absolute atomic E-state index is 0.0137. The number of amides is 2. The molecule has 1 aromatic rings. The first kappa shape index (κ1) is 20.3. The van der Waals surface area contributed by atoms with Crippen LogP contribution in [-0.2, 0) is 26.0 Å². The molecule has 0 saturated carbocycles. The molecule has 1 aromatic carbocycles.